The smallest absolute Gasteiger partial charge is 0.256 e. The second-order valence-electron chi connectivity index (χ2n) is 4.48. The molecule has 1 N–H and O–H groups in total. The van der Waals surface area contributed by atoms with Crippen molar-refractivity contribution >= 4 is 11.6 Å². The first-order valence-electron chi connectivity index (χ1n) is 6.51. The molecule has 1 rings (SSSR count). The van der Waals surface area contributed by atoms with E-state index in [1.165, 1.54) is 0 Å². The molecular formula is C14H22N2O3. The predicted molar refractivity (Wildman–Crippen MR) is 74.4 cm³/mol. The van der Waals surface area contributed by atoms with Crippen LogP contribution in [0, 0.1) is 0 Å². The number of aromatic nitrogens is 1. The molecule has 1 atom stereocenters. The number of rotatable bonds is 7. The summed E-state index contributed by atoms with van der Waals surface area (Å²) >= 11 is 0. The summed E-state index contributed by atoms with van der Waals surface area (Å²) in [7, 11) is 1.55. The number of pyridine rings is 1. The molecule has 5 heteroatoms. The number of nitrogens with one attached hydrogen (secondary N) is 1. The maximum Gasteiger partial charge on any atom is 0.256 e. The molecule has 1 amide bonds. The number of amides is 1. The molecule has 19 heavy (non-hydrogen) atoms. The van der Waals surface area contributed by atoms with Crippen LogP contribution in [0.25, 0.3) is 0 Å². The highest BCUT2D eigenvalue weighted by molar-refractivity contribution is 5.96. The summed E-state index contributed by atoms with van der Waals surface area (Å²) in [5, 5.41) is 2.81. The molecule has 0 aliphatic rings. The monoisotopic (exact) mass is 266 g/mol. The molecule has 0 saturated heterocycles. The summed E-state index contributed by atoms with van der Waals surface area (Å²) in [5.41, 5.74) is -0.179. The molecule has 0 radical (unpaired) electrons. The van der Waals surface area contributed by atoms with E-state index in [9.17, 15) is 4.79 Å². The first kappa shape index (κ1) is 15.4. The van der Waals surface area contributed by atoms with Gasteiger partial charge < -0.3 is 14.8 Å². The van der Waals surface area contributed by atoms with Crippen molar-refractivity contribution in [1.29, 1.82) is 0 Å². The van der Waals surface area contributed by atoms with Gasteiger partial charge in [0.1, 0.15) is 5.60 Å². The molecule has 1 aromatic rings. The zero-order valence-corrected chi connectivity index (χ0v) is 12.0. The highest BCUT2D eigenvalue weighted by atomic mass is 16.5. The number of hydrogen-bond acceptors (Lipinski definition) is 4. The molecule has 0 saturated carbocycles. The lowest BCUT2D eigenvalue weighted by Crippen LogP contribution is -2.42. The molecule has 1 heterocycles. The second kappa shape index (κ2) is 7.09. The Morgan fingerprint density at radius 1 is 1.42 bits per heavy atom. The second-order valence-corrected chi connectivity index (χ2v) is 4.48. The quantitative estimate of drug-likeness (QED) is 0.824. The fourth-order valence-electron chi connectivity index (χ4n) is 1.49. The first-order chi connectivity index (χ1) is 9.05. The lowest BCUT2D eigenvalue weighted by molar-refractivity contribution is -0.139. The summed E-state index contributed by atoms with van der Waals surface area (Å²) in [6.07, 6.45) is 3.06. The number of methoxy groups -OCH3 is 1. The summed E-state index contributed by atoms with van der Waals surface area (Å²) in [4.78, 5) is 16.3. The topological polar surface area (TPSA) is 60.5 Å². The number of anilines is 1. The van der Waals surface area contributed by atoms with E-state index in [1.807, 2.05) is 13.8 Å². The van der Waals surface area contributed by atoms with Crippen LogP contribution in [0.4, 0.5) is 5.69 Å². The Morgan fingerprint density at radius 2 is 2.16 bits per heavy atom. The average Bonchev–Trinajstić information content (AvgIpc) is 2.45. The van der Waals surface area contributed by atoms with E-state index in [0.29, 0.717) is 24.6 Å². The lowest BCUT2D eigenvalue weighted by Gasteiger charge is -2.27. The van der Waals surface area contributed by atoms with E-state index < -0.39 is 5.60 Å². The molecule has 0 unspecified atom stereocenters. The summed E-state index contributed by atoms with van der Waals surface area (Å²) < 4.78 is 10.6. The summed E-state index contributed by atoms with van der Waals surface area (Å²) in [6, 6.07) is 3.45. The van der Waals surface area contributed by atoms with Gasteiger partial charge in [0.15, 0.2) is 0 Å². The van der Waals surface area contributed by atoms with Gasteiger partial charge >= 0.3 is 0 Å². The standard InChI is InChI=1S/C14H22N2O3/c1-5-9-19-14(3,6-2)13(17)16-11-7-8-12(18-4)15-10-11/h7-8,10H,5-6,9H2,1-4H3,(H,16,17)/t14-/m0/s1. The van der Waals surface area contributed by atoms with Gasteiger partial charge in [-0.1, -0.05) is 13.8 Å². The van der Waals surface area contributed by atoms with Crippen LogP contribution < -0.4 is 10.1 Å². The van der Waals surface area contributed by atoms with Crippen molar-refractivity contribution in [2.75, 3.05) is 19.0 Å². The van der Waals surface area contributed by atoms with Gasteiger partial charge in [0.25, 0.3) is 5.91 Å². The van der Waals surface area contributed by atoms with Crippen molar-refractivity contribution < 1.29 is 14.3 Å². The molecule has 0 aliphatic heterocycles. The van der Waals surface area contributed by atoms with Crippen molar-refractivity contribution in [2.45, 2.75) is 39.2 Å². The molecule has 0 spiro atoms. The zero-order chi connectivity index (χ0) is 14.3. The van der Waals surface area contributed by atoms with Gasteiger partial charge in [0.05, 0.1) is 19.0 Å². The molecule has 106 valence electrons. The van der Waals surface area contributed by atoms with Crippen LogP contribution in [-0.4, -0.2) is 30.2 Å². The van der Waals surface area contributed by atoms with Crippen molar-refractivity contribution in [2.24, 2.45) is 0 Å². The highest BCUT2D eigenvalue weighted by Crippen LogP contribution is 2.19. The Kier molecular flexibility index (Phi) is 5.76. The average molecular weight is 266 g/mol. The van der Waals surface area contributed by atoms with E-state index in [0.717, 1.165) is 6.42 Å². The van der Waals surface area contributed by atoms with E-state index in [4.69, 9.17) is 9.47 Å². The minimum atomic E-state index is -0.810. The van der Waals surface area contributed by atoms with Crippen LogP contribution in [0.5, 0.6) is 5.88 Å². The maximum absolute atomic E-state index is 12.2. The fraction of sp³-hybridized carbons (Fsp3) is 0.571. The Bertz CT molecular complexity index is 406. The number of hydrogen-bond donors (Lipinski definition) is 1. The lowest BCUT2D eigenvalue weighted by atomic mass is 10.0. The number of nitrogens with zero attached hydrogens (tertiary/aromatic N) is 1. The molecule has 1 aromatic heterocycles. The van der Waals surface area contributed by atoms with Crippen molar-refractivity contribution in [1.82, 2.24) is 4.98 Å². The Labute approximate surface area is 114 Å². The van der Waals surface area contributed by atoms with Crippen LogP contribution in [0.15, 0.2) is 18.3 Å². The van der Waals surface area contributed by atoms with Gasteiger partial charge in [0.2, 0.25) is 5.88 Å². The van der Waals surface area contributed by atoms with Crippen LogP contribution in [0.2, 0.25) is 0 Å². The van der Waals surface area contributed by atoms with E-state index in [1.54, 1.807) is 32.4 Å². The molecule has 0 bridgehead atoms. The SMILES string of the molecule is CCCO[C@@](C)(CC)C(=O)Nc1ccc(OC)nc1. The third-order valence-corrected chi connectivity index (χ3v) is 2.98. The largest absolute Gasteiger partial charge is 0.481 e. The minimum absolute atomic E-state index is 0.157. The zero-order valence-electron chi connectivity index (χ0n) is 12.0. The van der Waals surface area contributed by atoms with Crippen LogP contribution in [-0.2, 0) is 9.53 Å². The Morgan fingerprint density at radius 3 is 2.63 bits per heavy atom. The Balaban J connectivity index is 2.70. The van der Waals surface area contributed by atoms with Crippen molar-refractivity contribution in [3.8, 4) is 5.88 Å². The van der Waals surface area contributed by atoms with Gasteiger partial charge in [-0.2, -0.15) is 0 Å². The van der Waals surface area contributed by atoms with E-state index in [2.05, 4.69) is 10.3 Å². The van der Waals surface area contributed by atoms with Gasteiger partial charge in [-0.3, -0.25) is 4.79 Å². The summed E-state index contributed by atoms with van der Waals surface area (Å²) in [5.74, 6) is 0.355. The maximum atomic E-state index is 12.2. The number of carbonyl (C=O) groups is 1. The highest BCUT2D eigenvalue weighted by Gasteiger charge is 2.32. The molecule has 0 aliphatic carbocycles. The number of carbonyl (C=O) groups excluding carboxylic acids is 1. The molecule has 0 fully saturated rings. The van der Waals surface area contributed by atoms with Crippen LogP contribution in [0.1, 0.15) is 33.6 Å². The van der Waals surface area contributed by atoms with Crippen molar-refractivity contribution in [3.63, 3.8) is 0 Å². The normalized spacial score (nSPS) is 13.7. The predicted octanol–water partition coefficient (Wildman–Crippen LogP) is 2.62. The van der Waals surface area contributed by atoms with E-state index in [-0.39, 0.29) is 5.91 Å². The fourth-order valence-corrected chi connectivity index (χ4v) is 1.49. The minimum Gasteiger partial charge on any atom is -0.481 e. The summed E-state index contributed by atoms with van der Waals surface area (Å²) in [6.45, 7) is 6.32. The van der Waals surface area contributed by atoms with Gasteiger partial charge in [-0.25, -0.2) is 4.98 Å². The van der Waals surface area contributed by atoms with Crippen LogP contribution in [0.3, 0.4) is 0 Å². The van der Waals surface area contributed by atoms with Gasteiger partial charge in [-0.05, 0) is 25.8 Å². The Hall–Kier alpha value is -1.62. The molecule has 5 nitrogen and oxygen atoms in total. The van der Waals surface area contributed by atoms with Gasteiger partial charge in [-0.15, -0.1) is 0 Å². The van der Waals surface area contributed by atoms with Crippen molar-refractivity contribution in [3.05, 3.63) is 18.3 Å². The number of ether oxygens (including phenoxy) is 2. The van der Waals surface area contributed by atoms with Gasteiger partial charge in [0, 0.05) is 12.7 Å². The third kappa shape index (κ3) is 4.21. The first-order valence-corrected chi connectivity index (χ1v) is 6.51. The van der Waals surface area contributed by atoms with Crippen LogP contribution >= 0.6 is 0 Å². The third-order valence-electron chi connectivity index (χ3n) is 2.98. The molecular weight excluding hydrogens is 244 g/mol. The molecule has 0 aromatic carbocycles. The van der Waals surface area contributed by atoms with E-state index >= 15 is 0 Å².